The van der Waals surface area contributed by atoms with Gasteiger partial charge in [-0.25, -0.2) is 8.42 Å². The van der Waals surface area contributed by atoms with Gasteiger partial charge >= 0.3 is 0 Å². The molecule has 0 aliphatic heterocycles. The zero-order valence-electron chi connectivity index (χ0n) is 15.5. The first-order valence-electron chi connectivity index (χ1n) is 8.65. The number of sulfonamides is 1. The Kier molecular flexibility index (Phi) is 6.79. The van der Waals surface area contributed by atoms with Crippen LogP contribution in [-0.4, -0.2) is 21.4 Å². The molecule has 1 amide bonds. The molecule has 0 bridgehead atoms. The quantitative estimate of drug-likeness (QED) is 0.517. The third-order valence-corrected chi connectivity index (χ3v) is 6.52. The number of aryl methyl sites for hydroxylation is 1. The zero-order chi connectivity index (χ0) is 20.9. The molecule has 1 heterocycles. The van der Waals surface area contributed by atoms with E-state index in [1.165, 1.54) is 19.2 Å². The van der Waals surface area contributed by atoms with E-state index in [9.17, 15) is 13.2 Å². The predicted molar refractivity (Wildman–Crippen MR) is 117 cm³/mol. The Labute approximate surface area is 178 Å². The number of rotatable bonds is 8. The van der Waals surface area contributed by atoms with E-state index in [1.807, 2.05) is 16.8 Å². The molecule has 0 aliphatic rings. The number of thiophene rings is 1. The fourth-order valence-electron chi connectivity index (χ4n) is 2.62. The fraction of sp³-hybridized carbons (Fsp3) is 0.150. The van der Waals surface area contributed by atoms with Crippen molar-refractivity contribution in [3.63, 3.8) is 0 Å². The predicted octanol–water partition coefficient (Wildman–Crippen LogP) is 4.78. The highest BCUT2D eigenvalue weighted by molar-refractivity contribution is 7.92. The molecule has 0 saturated carbocycles. The van der Waals surface area contributed by atoms with E-state index in [0.717, 1.165) is 5.56 Å². The van der Waals surface area contributed by atoms with Gasteiger partial charge in [-0.3, -0.25) is 9.52 Å². The smallest absolute Gasteiger partial charge is 0.265 e. The van der Waals surface area contributed by atoms with Crippen molar-refractivity contribution in [1.82, 2.24) is 0 Å². The van der Waals surface area contributed by atoms with Crippen molar-refractivity contribution in [2.24, 2.45) is 0 Å². The number of hydrogen-bond donors (Lipinski definition) is 2. The molecule has 2 N–H and O–H groups in total. The van der Waals surface area contributed by atoms with Crippen molar-refractivity contribution in [2.45, 2.75) is 17.7 Å². The number of anilines is 2. The summed E-state index contributed by atoms with van der Waals surface area (Å²) in [5.74, 6) is -0.0513. The molecule has 9 heteroatoms. The molecular weight excluding hydrogens is 432 g/mol. The van der Waals surface area contributed by atoms with Gasteiger partial charge < -0.3 is 10.1 Å². The molecule has 0 spiro atoms. The standard InChI is InChI=1S/C20H19ClN2O4S2/c1-27-18-8-7-15(22-20(24)9-6-14-10-11-28-13-14)12-19(18)29(25,26)23-17-5-3-2-4-16(17)21/h2-5,7-8,10-13,23H,6,9H2,1H3,(H,22,24). The Morgan fingerprint density at radius 3 is 2.66 bits per heavy atom. The average molecular weight is 451 g/mol. The van der Waals surface area contributed by atoms with Crippen molar-refractivity contribution >= 4 is 50.2 Å². The number of benzene rings is 2. The number of amides is 1. The number of methoxy groups -OCH3 is 1. The monoisotopic (exact) mass is 450 g/mol. The van der Waals surface area contributed by atoms with Crippen LogP contribution in [0.5, 0.6) is 5.75 Å². The highest BCUT2D eigenvalue weighted by atomic mass is 35.5. The molecule has 0 unspecified atom stereocenters. The molecule has 2 aromatic carbocycles. The van der Waals surface area contributed by atoms with Crippen LogP contribution in [0.15, 0.2) is 64.2 Å². The first-order valence-corrected chi connectivity index (χ1v) is 11.5. The summed E-state index contributed by atoms with van der Waals surface area (Å²) in [5, 5.41) is 6.96. The summed E-state index contributed by atoms with van der Waals surface area (Å²) >= 11 is 7.63. The van der Waals surface area contributed by atoms with E-state index in [0.29, 0.717) is 18.5 Å². The number of halogens is 1. The Hall–Kier alpha value is -2.55. The van der Waals surface area contributed by atoms with Crippen LogP contribution in [0.25, 0.3) is 0 Å². The molecule has 6 nitrogen and oxygen atoms in total. The van der Waals surface area contributed by atoms with Gasteiger partial charge in [0.15, 0.2) is 0 Å². The highest BCUT2D eigenvalue weighted by Crippen LogP contribution is 2.30. The fourth-order valence-corrected chi connectivity index (χ4v) is 4.84. The van der Waals surface area contributed by atoms with Gasteiger partial charge in [0.2, 0.25) is 5.91 Å². The number of ether oxygens (including phenoxy) is 1. The van der Waals surface area contributed by atoms with Crippen molar-refractivity contribution < 1.29 is 17.9 Å². The minimum atomic E-state index is -3.99. The van der Waals surface area contributed by atoms with Crippen LogP contribution in [0.4, 0.5) is 11.4 Å². The lowest BCUT2D eigenvalue weighted by Crippen LogP contribution is -2.16. The minimum absolute atomic E-state index is 0.101. The summed E-state index contributed by atoms with van der Waals surface area (Å²) in [4.78, 5) is 12.1. The second kappa shape index (κ2) is 9.30. The van der Waals surface area contributed by atoms with Gasteiger partial charge in [0.25, 0.3) is 10.0 Å². The molecule has 0 saturated heterocycles. The lowest BCUT2D eigenvalue weighted by atomic mass is 10.2. The van der Waals surface area contributed by atoms with Crippen molar-refractivity contribution in [3.8, 4) is 5.75 Å². The number of para-hydroxylation sites is 1. The van der Waals surface area contributed by atoms with Crippen LogP contribution < -0.4 is 14.8 Å². The van der Waals surface area contributed by atoms with Crippen LogP contribution in [-0.2, 0) is 21.2 Å². The van der Waals surface area contributed by atoms with Gasteiger partial charge in [0.1, 0.15) is 10.6 Å². The Morgan fingerprint density at radius 1 is 1.17 bits per heavy atom. The zero-order valence-corrected chi connectivity index (χ0v) is 17.9. The summed E-state index contributed by atoms with van der Waals surface area (Å²) in [6.07, 6.45) is 0.910. The van der Waals surface area contributed by atoms with E-state index in [4.69, 9.17) is 16.3 Å². The summed E-state index contributed by atoms with van der Waals surface area (Å²) in [6, 6.07) is 12.9. The maximum atomic E-state index is 12.9. The third kappa shape index (κ3) is 5.50. The molecule has 0 aliphatic carbocycles. The SMILES string of the molecule is COc1ccc(NC(=O)CCc2ccsc2)cc1S(=O)(=O)Nc1ccccc1Cl. The van der Waals surface area contributed by atoms with Crippen LogP contribution in [0.3, 0.4) is 0 Å². The molecular formula is C20H19ClN2O4S2. The van der Waals surface area contributed by atoms with Crippen molar-refractivity contribution in [1.29, 1.82) is 0 Å². The second-order valence-electron chi connectivity index (χ2n) is 6.13. The second-order valence-corrected chi connectivity index (χ2v) is 8.97. The lowest BCUT2D eigenvalue weighted by molar-refractivity contribution is -0.116. The van der Waals surface area contributed by atoms with Gasteiger partial charge in [0, 0.05) is 12.1 Å². The molecule has 0 atom stereocenters. The van der Waals surface area contributed by atoms with E-state index < -0.39 is 10.0 Å². The topological polar surface area (TPSA) is 84.5 Å². The van der Waals surface area contributed by atoms with E-state index >= 15 is 0 Å². The largest absolute Gasteiger partial charge is 0.495 e. The van der Waals surface area contributed by atoms with Crippen molar-refractivity contribution in [3.05, 3.63) is 69.9 Å². The molecule has 152 valence electrons. The van der Waals surface area contributed by atoms with Crippen LogP contribution in [0.2, 0.25) is 5.02 Å². The highest BCUT2D eigenvalue weighted by Gasteiger charge is 2.21. The molecule has 3 aromatic rings. The number of carbonyl (C=O) groups is 1. The summed E-state index contributed by atoms with van der Waals surface area (Å²) in [6.45, 7) is 0. The Morgan fingerprint density at radius 2 is 1.97 bits per heavy atom. The summed E-state index contributed by atoms with van der Waals surface area (Å²) in [5.41, 5.74) is 1.70. The molecule has 0 fully saturated rings. The van der Waals surface area contributed by atoms with Gasteiger partial charge in [-0.05, 0) is 59.1 Å². The Bertz CT molecular complexity index is 1100. The minimum Gasteiger partial charge on any atom is -0.495 e. The number of carbonyl (C=O) groups excluding carboxylic acids is 1. The lowest BCUT2D eigenvalue weighted by Gasteiger charge is -2.14. The summed E-state index contributed by atoms with van der Waals surface area (Å²) < 4.78 is 33.4. The van der Waals surface area contributed by atoms with Crippen LogP contribution in [0, 0.1) is 0 Å². The van der Waals surface area contributed by atoms with Crippen molar-refractivity contribution in [2.75, 3.05) is 17.1 Å². The van der Waals surface area contributed by atoms with Gasteiger partial charge in [-0.2, -0.15) is 11.3 Å². The van der Waals surface area contributed by atoms with Gasteiger partial charge in [0.05, 0.1) is 17.8 Å². The first kappa shape index (κ1) is 21.2. The summed E-state index contributed by atoms with van der Waals surface area (Å²) in [7, 11) is -2.62. The maximum Gasteiger partial charge on any atom is 0.265 e. The van der Waals surface area contributed by atoms with Crippen LogP contribution >= 0.6 is 22.9 Å². The average Bonchev–Trinajstić information content (AvgIpc) is 3.22. The first-order chi connectivity index (χ1) is 13.9. The molecule has 29 heavy (non-hydrogen) atoms. The molecule has 0 radical (unpaired) electrons. The van der Waals surface area contributed by atoms with Gasteiger partial charge in [-0.15, -0.1) is 0 Å². The Balaban J connectivity index is 1.79. The normalized spacial score (nSPS) is 11.1. The van der Waals surface area contributed by atoms with E-state index in [1.54, 1.807) is 41.7 Å². The van der Waals surface area contributed by atoms with E-state index in [2.05, 4.69) is 10.0 Å². The maximum absolute atomic E-state index is 12.9. The number of hydrogen-bond acceptors (Lipinski definition) is 5. The third-order valence-electron chi connectivity index (χ3n) is 4.08. The molecule has 1 aromatic heterocycles. The van der Waals surface area contributed by atoms with Gasteiger partial charge in [-0.1, -0.05) is 23.7 Å². The number of nitrogens with one attached hydrogen (secondary N) is 2. The van der Waals surface area contributed by atoms with Crippen LogP contribution in [0.1, 0.15) is 12.0 Å². The van der Waals surface area contributed by atoms with E-state index in [-0.39, 0.29) is 27.3 Å². The molecule has 3 rings (SSSR count).